The van der Waals surface area contributed by atoms with Crippen molar-refractivity contribution in [2.24, 2.45) is 0 Å². The molecular weight excluding hydrogens is 367 g/mol. The van der Waals surface area contributed by atoms with Crippen molar-refractivity contribution in [3.63, 3.8) is 0 Å². The molecule has 1 aliphatic rings. The Morgan fingerprint density at radius 3 is 2.36 bits per heavy atom. The number of rotatable bonds is 3. The van der Waals surface area contributed by atoms with Gasteiger partial charge >= 0.3 is 0 Å². The zero-order valence-electron chi connectivity index (χ0n) is 15.0. The molecule has 0 aromatic heterocycles. The zero-order valence-corrected chi connectivity index (χ0v) is 15.0. The molecule has 28 heavy (non-hydrogen) atoms. The van der Waals surface area contributed by atoms with Gasteiger partial charge in [-0.25, -0.2) is 13.2 Å². The smallest absolute Gasteiger partial charge is 0.193 e. The number of hydrogen-bond donors (Lipinski definition) is 1. The predicted molar refractivity (Wildman–Crippen MR) is 99.9 cm³/mol. The fourth-order valence-electron chi connectivity index (χ4n) is 3.40. The second kappa shape index (κ2) is 7.03. The third-order valence-corrected chi connectivity index (χ3v) is 4.86. The molecular formula is C22H16F3NO2. The Balaban J connectivity index is 1.68. The molecule has 0 heterocycles. The van der Waals surface area contributed by atoms with Crippen LogP contribution in [0.15, 0.2) is 48.5 Å². The average molecular weight is 383 g/mol. The zero-order chi connectivity index (χ0) is 19.8. The van der Waals surface area contributed by atoms with Gasteiger partial charge in [-0.2, -0.15) is 0 Å². The SMILES string of the molecule is COc1ccc2c(c1)C(=O)c1ccc(Nc3cc(F)c(F)cc3F)cc1CC2. The van der Waals surface area contributed by atoms with E-state index in [2.05, 4.69) is 5.32 Å². The third kappa shape index (κ3) is 3.22. The lowest BCUT2D eigenvalue weighted by molar-refractivity contribution is 0.103. The summed E-state index contributed by atoms with van der Waals surface area (Å²) in [5, 5.41) is 2.75. The summed E-state index contributed by atoms with van der Waals surface area (Å²) < 4.78 is 45.6. The van der Waals surface area contributed by atoms with Crippen molar-refractivity contribution in [1.82, 2.24) is 0 Å². The quantitative estimate of drug-likeness (QED) is 0.633. The molecule has 0 saturated heterocycles. The van der Waals surface area contributed by atoms with Crippen LogP contribution >= 0.6 is 0 Å². The summed E-state index contributed by atoms with van der Waals surface area (Å²) in [7, 11) is 1.55. The number of fused-ring (bicyclic) bond motifs is 2. The van der Waals surface area contributed by atoms with Crippen LogP contribution in [0.2, 0.25) is 0 Å². The van der Waals surface area contributed by atoms with Crippen LogP contribution in [0, 0.1) is 17.5 Å². The Labute approximate surface area is 159 Å². The van der Waals surface area contributed by atoms with E-state index in [1.54, 1.807) is 31.4 Å². The van der Waals surface area contributed by atoms with Gasteiger partial charge in [0.2, 0.25) is 0 Å². The lowest BCUT2D eigenvalue weighted by Gasteiger charge is -2.12. The van der Waals surface area contributed by atoms with E-state index in [1.807, 2.05) is 12.1 Å². The molecule has 0 fully saturated rings. The summed E-state index contributed by atoms with van der Waals surface area (Å²) in [5.41, 5.74) is 3.21. The van der Waals surface area contributed by atoms with Gasteiger partial charge in [-0.3, -0.25) is 4.79 Å². The van der Waals surface area contributed by atoms with Gasteiger partial charge in [0.1, 0.15) is 11.6 Å². The first-order chi connectivity index (χ1) is 13.5. The summed E-state index contributed by atoms with van der Waals surface area (Å²) in [5.74, 6) is -2.78. The highest BCUT2D eigenvalue weighted by Gasteiger charge is 2.22. The first-order valence-corrected chi connectivity index (χ1v) is 8.72. The Morgan fingerprint density at radius 2 is 1.57 bits per heavy atom. The fraction of sp³-hybridized carbons (Fsp3) is 0.136. The minimum Gasteiger partial charge on any atom is -0.497 e. The standard InChI is InChI=1S/C22H16F3NO2/c1-28-15-6-4-12-2-3-13-8-14(5-7-16(13)22(27)17(12)9-15)26-21-11-19(24)18(23)10-20(21)25/h4-11,26H,2-3H2,1H3. The van der Waals surface area contributed by atoms with Crippen LogP contribution in [-0.2, 0) is 12.8 Å². The molecule has 1 aliphatic carbocycles. The van der Waals surface area contributed by atoms with Gasteiger partial charge in [-0.15, -0.1) is 0 Å². The van der Waals surface area contributed by atoms with Crippen LogP contribution < -0.4 is 10.1 Å². The summed E-state index contributed by atoms with van der Waals surface area (Å²) in [6.45, 7) is 0. The molecule has 0 amide bonds. The molecule has 0 saturated carbocycles. The van der Waals surface area contributed by atoms with Crippen LogP contribution in [0.25, 0.3) is 0 Å². The second-order valence-electron chi connectivity index (χ2n) is 6.60. The van der Waals surface area contributed by atoms with Crippen molar-refractivity contribution in [2.45, 2.75) is 12.8 Å². The van der Waals surface area contributed by atoms with Crippen LogP contribution in [-0.4, -0.2) is 12.9 Å². The van der Waals surface area contributed by atoms with E-state index in [9.17, 15) is 18.0 Å². The summed E-state index contributed by atoms with van der Waals surface area (Å²) in [4.78, 5) is 13.0. The Bertz CT molecular complexity index is 1100. The summed E-state index contributed by atoms with van der Waals surface area (Å²) >= 11 is 0. The minimum absolute atomic E-state index is 0.105. The van der Waals surface area contributed by atoms with Gasteiger partial charge in [0.25, 0.3) is 0 Å². The van der Waals surface area contributed by atoms with Crippen LogP contribution in [0.5, 0.6) is 5.75 Å². The molecule has 0 spiro atoms. The molecule has 0 atom stereocenters. The van der Waals surface area contributed by atoms with Crippen molar-refractivity contribution in [2.75, 3.05) is 12.4 Å². The minimum atomic E-state index is -1.25. The van der Waals surface area contributed by atoms with E-state index < -0.39 is 17.5 Å². The molecule has 3 aromatic rings. The average Bonchev–Trinajstić information content (AvgIpc) is 2.82. The second-order valence-corrected chi connectivity index (χ2v) is 6.60. The van der Waals surface area contributed by atoms with Crippen molar-refractivity contribution in [1.29, 1.82) is 0 Å². The van der Waals surface area contributed by atoms with Crippen molar-refractivity contribution in [3.05, 3.63) is 88.2 Å². The highest BCUT2D eigenvalue weighted by molar-refractivity contribution is 6.11. The van der Waals surface area contributed by atoms with Crippen molar-refractivity contribution >= 4 is 17.2 Å². The molecule has 6 heteroatoms. The molecule has 3 nitrogen and oxygen atoms in total. The first-order valence-electron chi connectivity index (χ1n) is 8.72. The number of methoxy groups -OCH3 is 1. The lowest BCUT2D eigenvalue weighted by Crippen LogP contribution is -2.05. The van der Waals surface area contributed by atoms with E-state index in [-0.39, 0.29) is 11.5 Å². The Kier molecular flexibility index (Phi) is 4.55. The van der Waals surface area contributed by atoms with Crippen molar-refractivity contribution in [3.8, 4) is 5.75 Å². The molecule has 4 rings (SSSR count). The lowest BCUT2D eigenvalue weighted by atomic mass is 9.98. The van der Waals surface area contributed by atoms with Gasteiger partial charge < -0.3 is 10.1 Å². The van der Waals surface area contributed by atoms with Gasteiger partial charge in [-0.1, -0.05) is 6.07 Å². The maximum atomic E-state index is 13.9. The topological polar surface area (TPSA) is 38.3 Å². The number of ether oxygens (including phenoxy) is 1. The van der Waals surface area contributed by atoms with Gasteiger partial charge in [0.05, 0.1) is 12.8 Å². The van der Waals surface area contributed by atoms with E-state index in [1.165, 1.54) is 0 Å². The van der Waals surface area contributed by atoms with Crippen molar-refractivity contribution < 1.29 is 22.7 Å². The number of carbonyl (C=O) groups is 1. The third-order valence-electron chi connectivity index (χ3n) is 4.86. The molecule has 0 radical (unpaired) electrons. The maximum absolute atomic E-state index is 13.9. The number of ketones is 1. The molecule has 0 aliphatic heterocycles. The fourth-order valence-corrected chi connectivity index (χ4v) is 3.40. The monoisotopic (exact) mass is 383 g/mol. The number of hydrogen-bond acceptors (Lipinski definition) is 3. The highest BCUT2D eigenvalue weighted by atomic mass is 19.2. The molecule has 142 valence electrons. The first kappa shape index (κ1) is 18.1. The van der Waals surface area contributed by atoms with E-state index in [0.29, 0.717) is 41.5 Å². The number of halogens is 3. The number of nitrogens with one attached hydrogen (secondary N) is 1. The highest BCUT2D eigenvalue weighted by Crippen LogP contribution is 2.30. The Hall–Kier alpha value is -3.28. The normalized spacial score (nSPS) is 12.8. The van der Waals surface area contributed by atoms with E-state index in [4.69, 9.17) is 4.74 Å². The largest absolute Gasteiger partial charge is 0.497 e. The number of benzene rings is 3. The molecule has 0 bridgehead atoms. The maximum Gasteiger partial charge on any atom is 0.193 e. The van der Waals surface area contributed by atoms with E-state index in [0.717, 1.165) is 17.2 Å². The predicted octanol–water partition coefficient (Wildman–Crippen LogP) is 5.19. The van der Waals surface area contributed by atoms with Crippen LogP contribution in [0.1, 0.15) is 27.0 Å². The van der Waals surface area contributed by atoms with E-state index >= 15 is 0 Å². The Morgan fingerprint density at radius 1 is 0.821 bits per heavy atom. The van der Waals surface area contributed by atoms with Crippen LogP contribution in [0.4, 0.5) is 24.5 Å². The number of anilines is 2. The molecule has 0 unspecified atom stereocenters. The van der Waals surface area contributed by atoms with Crippen LogP contribution in [0.3, 0.4) is 0 Å². The number of aryl methyl sites for hydroxylation is 2. The summed E-state index contributed by atoms with van der Waals surface area (Å²) in [6.07, 6.45) is 1.29. The van der Waals surface area contributed by atoms with Gasteiger partial charge in [0, 0.05) is 28.9 Å². The summed E-state index contributed by atoms with van der Waals surface area (Å²) in [6, 6.07) is 11.7. The van der Waals surface area contributed by atoms with Gasteiger partial charge in [0.15, 0.2) is 17.4 Å². The molecule has 1 N–H and O–H groups in total. The van der Waals surface area contributed by atoms with Gasteiger partial charge in [-0.05, 0) is 54.3 Å². The number of carbonyl (C=O) groups excluding carboxylic acids is 1. The molecule has 3 aromatic carbocycles.